The Balaban J connectivity index is 1.65. The van der Waals surface area contributed by atoms with E-state index in [0.29, 0.717) is 5.56 Å². The van der Waals surface area contributed by atoms with Crippen LogP contribution in [0.4, 0.5) is 5.69 Å². The molecule has 29 heavy (non-hydrogen) atoms. The van der Waals surface area contributed by atoms with Gasteiger partial charge >= 0.3 is 0 Å². The van der Waals surface area contributed by atoms with Crippen LogP contribution in [0.25, 0.3) is 32.8 Å². The van der Waals surface area contributed by atoms with Gasteiger partial charge in [0.15, 0.2) is 0 Å². The van der Waals surface area contributed by atoms with E-state index in [9.17, 15) is 5.11 Å². The summed E-state index contributed by atoms with van der Waals surface area (Å²) in [4.78, 5) is 9.29. The number of benzene rings is 4. The lowest BCUT2D eigenvalue weighted by Gasteiger charge is -2.08. The predicted molar refractivity (Wildman–Crippen MR) is 120 cm³/mol. The van der Waals surface area contributed by atoms with E-state index < -0.39 is 0 Å². The molecular formula is C26H18N2O. The molecule has 0 fully saturated rings. The van der Waals surface area contributed by atoms with Crippen molar-refractivity contribution in [2.75, 3.05) is 0 Å². The molecular weight excluding hydrogens is 356 g/mol. The van der Waals surface area contributed by atoms with Crippen LogP contribution in [-0.4, -0.2) is 16.3 Å². The van der Waals surface area contributed by atoms with Crippen LogP contribution in [-0.2, 0) is 0 Å². The van der Waals surface area contributed by atoms with Crippen molar-refractivity contribution in [2.45, 2.75) is 0 Å². The monoisotopic (exact) mass is 374 g/mol. The smallest absolute Gasteiger partial charge is 0.124 e. The molecule has 0 amide bonds. The highest BCUT2D eigenvalue weighted by Crippen LogP contribution is 2.33. The van der Waals surface area contributed by atoms with Gasteiger partial charge in [-0.05, 0) is 40.1 Å². The molecule has 0 unspecified atom stereocenters. The molecule has 0 saturated heterocycles. The maximum Gasteiger partial charge on any atom is 0.124 e. The average molecular weight is 374 g/mol. The van der Waals surface area contributed by atoms with Crippen molar-refractivity contribution >= 4 is 33.6 Å². The molecule has 3 nitrogen and oxygen atoms in total. The van der Waals surface area contributed by atoms with Gasteiger partial charge in [-0.1, -0.05) is 72.8 Å². The van der Waals surface area contributed by atoms with Gasteiger partial charge in [-0.2, -0.15) is 0 Å². The zero-order valence-corrected chi connectivity index (χ0v) is 15.7. The molecule has 5 rings (SSSR count). The molecule has 4 aromatic carbocycles. The van der Waals surface area contributed by atoms with Gasteiger partial charge in [-0.15, -0.1) is 0 Å². The lowest BCUT2D eigenvalue weighted by molar-refractivity contribution is 0.475. The van der Waals surface area contributed by atoms with Crippen molar-refractivity contribution in [3.63, 3.8) is 0 Å². The van der Waals surface area contributed by atoms with Crippen LogP contribution in [0.1, 0.15) is 5.56 Å². The Morgan fingerprint density at radius 3 is 2.41 bits per heavy atom. The molecule has 0 radical (unpaired) electrons. The van der Waals surface area contributed by atoms with E-state index in [1.165, 1.54) is 0 Å². The zero-order valence-electron chi connectivity index (χ0n) is 15.7. The Hall–Kier alpha value is -3.98. The third-order valence-corrected chi connectivity index (χ3v) is 5.11. The minimum absolute atomic E-state index is 0.214. The molecule has 138 valence electrons. The summed E-state index contributed by atoms with van der Waals surface area (Å²) in [6.45, 7) is 0. The van der Waals surface area contributed by atoms with E-state index in [1.807, 2.05) is 72.9 Å². The second kappa shape index (κ2) is 7.21. The van der Waals surface area contributed by atoms with E-state index in [1.54, 1.807) is 12.3 Å². The third kappa shape index (κ3) is 3.13. The molecule has 1 heterocycles. The quantitative estimate of drug-likeness (QED) is 0.366. The van der Waals surface area contributed by atoms with Crippen molar-refractivity contribution in [1.29, 1.82) is 0 Å². The minimum atomic E-state index is 0.214. The standard InChI is InChI=1S/C26H18N2O/c29-25-14-13-19-9-4-5-10-20(19)23(25)17-28-24-12-6-11-22-21(15-16-27-26(22)24)18-7-2-1-3-8-18/h1-17,29H. The number of fused-ring (bicyclic) bond motifs is 2. The number of aromatic hydroxyl groups is 1. The van der Waals surface area contributed by atoms with Gasteiger partial charge in [0.05, 0.1) is 11.2 Å². The molecule has 0 aliphatic heterocycles. The van der Waals surface area contributed by atoms with Gasteiger partial charge in [-0.3, -0.25) is 9.98 Å². The zero-order chi connectivity index (χ0) is 19.6. The van der Waals surface area contributed by atoms with Crippen molar-refractivity contribution < 1.29 is 5.11 Å². The van der Waals surface area contributed by atoms with Crippen LogP contribution >= 0.6 is 0 Å². The average Bonchev–Trinajstić information content (AvgIpc) is 2.78. The Morgan fingerprint density at radius 2 is 1.52 bits per heavy atom. The number of aromatic nitrogens is 1. The number of aliphatic imine (C=N–C) groups is 1. The van der Waals surface area contributed by atoms with Crippen LogP contribution < -0.4 is 0 Å². The predicted octanol–water partition coefficient (Wildman–Crippen LogP) is 6.51. The molecule has 0 spiro atoms. The minimum Gasteiger partial charge on any atom is -0.507 e. The summed E-state index contributed by atoms with van der Waals surface area (Å²) in [5, 5.41) is 13.5. The largest absolute Gasteiger partial charge is 0.507 e. The third-order valence-electron chi connectivity index (χ3n) is 5.11. The lowest BCUT2D eigenvalue weighted by atomic mass is 10.0. The summed E-state index contributed by atoms with van der Waals surface area (Å²) in [7, 11) is 0. The van der Waals surface area contributed by atoms with Gasteiger partial charge in [0, 0.05) is 23.4 Å². The van der Waals surface area contributed by atoms with Crippen LogP contribution in [0, 0.1) is 0 Å². The first kappa shape index (κ1) is 17.1. The Morgan fingerprint density at radius 1 is 0.724 bits per heavy atom. The second-order valence-electron chi connectivity index (χ2n) is 6.88. The number of rotatable bonds is 3. The summed E-state index contributed by atoms with van der Waals surface area (Å²) in [6.07, 6.45) is 3.54. The van der Waals surface area contributed by atoms with Gasteiger partial charge in [-0.25, -0.2) is 0 Å². The fraction of sp³-hybridized carbons (Fsp3) is 0. The Kier molecular flexibility index (Phi) is 4.26. The number of hydrogen-bond donors (Lipinski definition) is 1. The molecule has 3 heteroatoms. The van der Waals surface area contributed by atoms with Gasteiger partial charge < -0.3 is 5.11 Å². The summed E-state index contributed by atoms with van der Waals surface area (Å²) < 4.78 is 0. The lowest BCUT2D eigenvalue weighted by Crippen LogP contribution is -1.87. The van der Waals surface area contributed by atoms with Crippen LogP contribution in [0.2, 0.25) is 0 Å². The maximum atomic E-state index is 10.4. The first-order chi connectivity index (χ1) is 14.3. The molecule has 0 bridgehead atoms. The van der Waals surface area contributed by atoms with E-state index in [4.69, 9.17) is 4.99 Å². The Bertz CT molecular complexity index is 1360. The summed E-state index contributed by atoms with van der Waals surface area (Å²) in [5.74, 6) is 0.214. The topological polar surface area (TPSA) is 45.5 Å². The van der Waals surface area contributed by atoms with Gasteiger partial charge in [0.2, 0.25) is 0 Å². The van der Waals surface area contributed by atoms with Gasteiger partial charge in [0.1, 0.15) is 5.75 Å². The second-order valence-corrected chi connectivity index (χ2v) is 6.88. The van der Waals surface area contributed by atoms with E-state index in [0.717, 1.165) is 38.5 Å². The summed E-state index contributed by atoms with van der Waals surface area (Å²) >= 11 is 0. The number of hydrogen-bond acceptors (Lipinski definition) is 3. The van der Waals surface area contributed by atoms with E-state index >= 15 is 0 Å². The molecule has 1 aromatic heterocycles. The molecule has 0 atom stereocenters. The normalized spacial score (nSPS) is 11.4. The molecule has 0 aliphatic carbocycles. The molecule has 0 saturated carbocycles. The maximum absolute atomic E-state index is 10.4. The highest BCUT2D eigenvalue weighted by atomic mass is 16.3. The van der Waals surface area contributed by atoms with Crippen molar-refractivity contribution in [3.8, 4) is 16.9 Å². The van der Waals surface area contributed by atoms with Crippen LogP contribution in [0.3, 0.4) is 0 Å². The number of phenols is 1. The SMILES string of the molecule is Oc1ccc2ccccc2c1C=Nc1cccc2c(-c3ccccc3)ccnc12. The molecule has 0 aliphatic rings. The highest BCUT2D eigenvalue weighted by molar-refractivity contribution is 6.05. The number of nitrogens with zero attached hydrogens (tertiary/aromatic N) is 2. The van der Waals surface area contributed by atoms with Crippen molar-refractivity contribution in [3.05, 3.63) is 103 Å². The number of para-hydroxylation sites is 1. The first-order valence-corrected chi connectivity index (χ1v) is 9.49. The van der Waals surface area contributed by atoms with Gasteiger partial charge in [0.25, 0.3) is 0 Å². The molecule has 5 aromatic rings. The number of phenolic OH excluding ortho intramolecular Hbond substituents is 1. The number of pyridine rings is 1. The van der Waals surface area contributed by atoms with Crippen LogP contribution in [0.15, 0.2) is 102 Å². The summed E-state index contributed by atoms with van der Waals surface area (Å²) in [6, 6.07) is 29.9. The fourth-order valence-electron chi connectivity index (χ4n) is 3.69. The van der Waals surface area contributed by atoms with Crippen LogP contribution in [0.5, 0.6) is 5.75 Å². The fourth-order valence-corrected chi connectivity index (χ4v) is 3.69. The van der Waals surface area contributed by atoms with E-state index in [2.05, 4.69) is 23.2 Å². The summed E-state index contributed by atoms with van der Waals surface area (Å²) in [5.41, 5.74) is 4.59. The van der Waals surface area contributed by atoms with Crippen molar-refractivity contribution in [2.24, 2.45) is 4.99 Å². The Labute approximate surface area is 168 Å². The first-order valence-electron chi connectivity index (χ1n) is 9.49. The van der Waals surface area contributed by atoms with E-state index in [-0.39, 0.29) is 5.75 Å². The highest BCUT2D eigenvalue weighted by Gasteiger charge is 2.08. The van der Waals surface area contributed by atoms with Crippen molar-refractivity contribution in [1.82, 2.24) is 4.98 Å². The molecule has 1 N–H and O–H groups in total.